The number of aromatic nitrogens is 3. The summed E-state index contributed by atoms with van der Waals surface area (Å²) in [5.74, 6) is 0.952. The van der Waals surface area contributed by atoms with Gasteiger partial charge in [-0.25, -0.2) is 4.68 Å². The van der Waals surface area contributed by atoms with Crippen molar-refractivity contribution < 1.29 is 4.79 Å². The molecule has 1 aliphatic heterocycles. The van der Waals surface area contributed by atoms with Gasteiger partial charge in [0.2, 0.25) is 11.9 Å². The van der Waals surface area contributed by atoms with Crippen molar-refractivity contribution in [3.8, 4) is 0 Å². The van der Waals surface area contributed by atoms with Crippen LogP contribution in [0.5, 0.6) is 0 Å². The second-order valence-electron chi connectivity index (χ2n) is 7.60. The van der Waals surface area contributed by atoms with Gasteiger partial charge in [-0.2, -0.15) is 10.1 Å². The topological polar surface area (TPSA) is 51.0 Å². The Hall–Kier alpha value is -2.66. The molecule has 1 amide bonds. The lowest BCUT2D eigenvalue weighted by Gasteiger charge is -2.39. The van der Waals surface area contributed by atoms with Crippen LogP contribution in [-0.4, -0.2) is 20.7 Å². The lowest BCUT2D eigenvalue weighted by molar-refractivity contribution is -0.120. The third kappa shape index (κ3) is 3.54. The summed E-state index contributed by atoms with van der Waals surface area (Å²) in [5.41, 5.74) is 2.21. The van der Waals surface area contributed by atoms with Crippen LogP contribution in [0.4, 0.5) is 5.95 Å². The highest BCUT2D eigenvalue weighted by Gasteiger charge is 2.39. The average molecular weight is 395 g/mol. The first-order valence-electron chi connectivity index (χ1n) is 9.56. The maximum atomic E-state index is 13.2. The van der Waals surface area contributed by atoms with E-state index in [-0.39, 0.29) is 23.9 Å². The van der Waals surface area contributed by atoms with Crippen molar-refractivity contribution >= 4 is 23.5 Å². The molecular weight excluding hydrogens is 372 g/mol. The summed E-state index contributed by atoms with van der Waals surface area (Å²) in [6.45, 7) is 4.11. The molecule has 0 spiro atoms. The van der Waals surface area contributed by atoms with E-state index in [9.17, 15) is 4.79 Å². The van der Waals surface area contributed by atoms with E-state index in [1.165, 1.54) is 6.33 Å². The zero-order chi connectivity index (χ0) is 19.7. The van der Waals surface area contributed by atoms with E-state index in [0.717, 1.165) is 17.5 Å². The highest BCUT2D eigenvalue weighted by molar-refractivity contribution is 6.30. The normalized spacial score (nSPS) is 18.9. The molecule has 2 aromatic carbocycles. The molecule has 0 N–H and O–H groups in total. The fraction of sp³-hybridized carbons (Fsp3) is 0.318. The monoisotopic (exact) mass is 394 g/mol. The Bertz CT molecular complexity index is 952. The summed E-state index contributed by atoms with van der Waals surface area (Å²) < 4.78 is 1.86. The number of benzene rings is 2. The van der Waals surface area contributed by atoms with Crippen LogP contribution in [0, 0.1) is 5.92 Å². The van der Waals surface area contributed by atoms with Crippen molar-refractivity contribution in [2.75, 3.05) is 4.90 Å². The molecule has 0 unspecified atom stereocenters. The molecule has 1 aliphatic rings. The van der Waals surface area contributed by atoms with Crippen molar-refractivity contribution in [2.45, 2.75) is 38.8 Å². The third-order valence-electron chi connectivity index (χ3n) is 5.11. The fourth-order valence-corrected chi connectivity index (χ4v) is 3.97. The van der Waals surface area contributed by atoms with Gasteiger partial charge < -0.3 is 0 Å². The van der Waals surface area contributed by atoms with Gasteiger partial charge in [-0.15, -0.1) is 0 Å². The SMILES string of the molecule is CC(C)CC(=O)N1c2ncnn2[C@@H](c2ccc(Cl)cc2)C[C@@H]1c1ccccc1. The van der Waals surface area contributed by atoms with Crippen LogP contribution >= 0.6 is 11.6 Å². The number of anilines is 1. The van der Waals surface area contributed by atoms with Gasteiger partial charge >= 0.3 is 0 Å². The summed E-state index contributed by atoms with van der Waals surface area (Å²) >= 11 is 6.08. The maximum Gasteiger partial charge on any atom is 0.231 e. The van der Waals surface area contributed by atoms with Crippen LogP contribution in [0.1, 0.15) is 49.9 Å². The van der Waals surface area contributed by atoms with Gasteiger partial charge in [0.25, 0.3) is 0 Å². The highest BCUT2D eigenvalue weighted by atomic mass is 35.5. The molecule has 2 atom stereocenters. The van der Waals surface area contributed by atoms with E-state index in [1.807, 2.05) is 52.0 Å². The van der Waals surface area contributed by atoms with E-state index >= 15 is 0 Å². The molecule has 3 aromatic rings. The van der Waals surface area contributed by atoms with Crippen LogP contribution in [-0.2, 0) is 4.79 Å². The van der Waals surface area contributed by atoms with E-state index in [2.05, 4.69) is 36.1 Å². The Morgan fingerprint density at radius 2 is 1.75 bits per heavy atom. The number of carbonyl (C=O) groups excluding carboxylic acids is 1. The van der Waals surface area contributed by atoms with Crippen molar-refractivity contribution in [3.05, 3.63) is 77.1 Å². The van der Waals surface area contributed by atoms with Gasteiger partial charge in [-0.1, -0.05) is 67.9 Å². The number of carbonyl (C=O) groups is 1. The number of halogens is 1. The molecule has 5 nitrogen and oxygen atoms in total. The highest BCUT2D eigenvalue weighted by Crippen LogP contribution is 2.42. The molecule has 2 heterocycles. The number of nitrogens with zero attached hydrogens (tertiary/aromatic N) is 4. The molecule has 6 heteroatoms. The second-order valence-corrected chi connectivity index (χ2v) is 8.03. The predicted octanol–water partition coefficient (Wildman–Crippen LogP) is 5.05. The number of rotatable bonds is 4. The van der Waals surface area contributed by atoms with Crippen molar-refractivity contribution in [1.29, 1.82) is 0 Å². The molecule has 0 radical (unpaired) electrons. The van der Waals surface area contributed by atoms with Gasteiger partial charge in [0.15, 0.2) is 0 Å². The smallest absolute Gasteiger partial charge is 0.231 e. The van der Waals surface area contributed by atoms with Gasteiger partial charge in [-0.3, -0.25) is 9.69 Å². The Balaban J connectivity index is 1.81. The van der Waals surface area contributed by atoms with Crippen LogP contribution in [0.15, 0.2) is 60.9 Å². The first-order valence-corrected chi connectivity index (χ1v) is 9.94. The summed E-state index contributed by atoms with van der Waals surface area (Å²) in [6.07, 6.45) is 2.73. The Morgan fingerprint density at radius 3 is 2.43 bits per heavy atom. The van der Waals surface area contributed by atoms with Gasteiger partial charge in [0, 0.05) is 11.4 Å². The second kappa shape index (κ2) is 7.76. The van der Waals surface area contributed by atoms with Crippen LogP contribution in [0.2, 0.25) is 5.02 Å². The first-order chi connectivity index (χ1) is 13.5. The molecule has 144 valence electrons. The average Bonchev–Trinajstić information content (AvgIpc) is 3.17. The van der Waals surface area contributed by atoms with E-state index in [0.29, 0.717) is 17.4 Å². The van der Waals surface area contributed by atoms with Crippen molar-refractivity contribution in [3.63, 3.8) is 0 Å². The molecular formula is C22H23ClN4O. The van der Waals surface area contributed by atoms with Gasteiger partial charge in [-0.05, 0) is 35.6 Å². The van der Waals surface area contributed by atoms with Gasteiger partial charge in [0.1, 0.15) is 6.33 Å². The molecule has 0 fully saturated rings. The quantitative estimate of drug-likeness (QED) is 0.622. The minimum Gasteiger partial charge on any atom is -0.274 e. The number of hydrogen-bond acceptors (Lipinski definition) is 3. The molecule has 1 aromatic heterocycles. The minimum atomic E-state index is -0.0928. The Morgan fingerprint density at radius 1 is 1.07 bits per heavy atom. The zero-order valence-corrected chi connectivity index (χ0v) is 16.8. The van der Waals surface area contributed by atoms with E-state index in [1.54, 1.807) is 0 Å². The Kier molecular flexibility index (Phi) is 5.18. The van der Waals surface area contributed by atoms with Gasteiger partial charge in [0.05, 0.1) is 12.1 Å². The lowest BCUT2D eigenvalue weighted by Crippen LogP contribution is -2.43. The van der Waals surface area contributed by atoms with E-state index < -0.39 is 0 Å². The first kappa shape index (κ1) is 18.7. The third-order valence-corrected chi connectivity index (χ3v) is 5.37. The van der Waals surface area contributed by atoms with Crippen LogP contribution in [0.3, 0.4) is 0 Å². The number of fused-ring (bicyclic) bond motifs is 1. The number of hydrogen-bond donors (Lipinski definition) is 0. The summed E-state index contributed by atoms with van der Waals surface area (Å²) in [6, 6.07) is 17.9. The van der Waals surface area contributed by atoms with Crippen LogP contribution in [0.25, 0.3) is 0 Å². The molecule has 0 aliphatic carbocycles. The summed E-state index contributed by atoms with van der Waals surface area (Å²) in [4.78, 5) is 19.5. The Labute approximate surface area is 170 Å². The molecule has 0 saturated heterocycles. The summed E-state index contributed by atoms with van der Waals surface area (Å²) in [7, 11) is 0. The largest absolute Gasteiger partial charge is 0.274 e. The minimum absolute atomic E-state index is 0.0110. The lowest BCUT2D eigenvalue weighted by atomic mass is 9.91. The molecule has 28 heavy (non-hydrogen) atoms. The predicted molar refractivity (Wildman–Crippen MR) is 110 cm³/mol. The number of amides is 1. The zero-order valence-electron chi connectivity index (χ0n) is 16.0. The summed E-state index contributed by atoms with van der Waals surface area (Å²) in [5, 5.41) is 5.16. The standard InChI is InChI=1S/C22H23ClN4O/c1-15(2)12-21(28)26-19(16-6-4-3-5-7-16)13-20(27-22(26)24-14-25-27)17-8-10-18(23)11-9-17/h3-11,14-15,19-20H,12-13H2,1-2H3/t19-,20-/m1/s1. The van der Waals surface area contributed by atoms with Crippen molar-refractivity contribution in [1.82, 2.24) is 14.8 Å². The fourth-order valence-electron chi connectivity index (χ4n) is 3.85. The van der Waals surface area contributed by atoms with Crippen molar-refractivity contribution in [2.24, 2.45) is 5.92 Å². The van der Waals surface area contributed by atoms with Crippen LogP contribution < -0.4 is 4.90 Å². The molecule has 0 saturated carbocycles. The maximum absolute atomic E-state index is 13.2. The molecule has 4 rings (SSSR count). The van der Waals surface area contributed by atoms with E-state index in [4.69, 9.17) is 11.6 Å². The molecule has 0 bridgehead atoms.